The van der Waals surface area contributed by atoms with Gasteiger partial charge in [-0.15, -0.1) is 0 Å². The van der Waals surface area contributed by atoms with E-state index in [0.717, 1.165) is 5.57 Å². The second-order valence-corrected chi connectivity index (χ2v) is 4.61. The van der Waals surface area contributed by atoms with Crippen LogP contribution in [0.4, 0.5) is 5.69 Å². The summed E-state index contributed by atoms with van der Waals surface area (Å²) < 4.78 is 0. The van der Waals surface area contributed by atoms with Gasteiger partial charge in [0.15, 0.2) is 0 Å². The number of hydrogen-bond donors (Lipinski definition) is 0. The van der Waals surface area contributed by atoms with E-state index in [2.05, 4.69) is 64.5 Å². The maximum absolute atomic E-state index is 4.02. The molecule has 0 aromatic heterocycles. The molecule has 15 heavy (non-hydrogen) atoms. The molecule has 0 atom stereocenters. The van der Waals surface area contributed by atoms with Crippen molar-refractivity contribution in [1.82, 2.24) is 0 Å². The Morgan fingerprint density at radius 1 is 1.27 bits per heavy atom. The summed E-state index contributed by atoms with van der Waals surface area (Å²) in [6.45, 7) is 10.5. The van der Waals surface area contributed by atoms with E-state index >= 15 is 0 Å². The average molecular weight is 203 g/mol. The standard InChI is InChI=1S/C14H21N/c1-10(2)12-7-8-13(11(3)4)14(9-12)15(5)6/h7-10H,3H2,1-2,4-6H3. The maximum atomic E-state index is 4.02. The zero-order valence-corrected chi connectivity index (χ0v) is 10.5. The number of anilines is 1. The van der Waals surface area contributed by atoms with Gasteiger partial charge in [-0.2, -0.15) is 0 Å². The van der Waals surface area contributed by atoms with Crippen molar-refractivity contribution in [2.24, 2.45) is 0 Å². The molecule has 0 aliphatic rings. The Labute approximate surface area is 93.4 Å². The third-order valence-corrected chi connectivity index (χ3v) is 2.63. The Balaban J connectivity index is 3.27. The van der Waals surface area contributed by atoms with Gasteiger partial charge < -0.3 is 4.90 Å². The largest absolute Gasteiger partial charge is 0.377 e. The van der Waals surface area contributed by atoms with Crippen LogP contribution in [0.15, 0.2) is 24.8 Å². The van der Waals surface area contributed by atoms with Gasteiger partial charge in [0.05, 0.1) is 0 Å². The highest BCUT2D eigenvalue weighted by Crippen LogP contribution is 2.28. The van der Waals surface area contributed by atoms with Crippen LogP contribution in [-0.4, -0.2) is 14.1 Å². The van der Waals surface area contributed by atoms with Crippen LogP contribution in [0.25, 0.3) is 5.57 Å². The van der Waals surface area contributed by atoms with Gasteiger partial charge in [-0.05, 0) is 30.0 Å². The van der Waals surface area contributed by atoms with Gasteiger partial charge in [-0.25, -0.2) is 0 Å². The Hall–Kier alpha value is -1.24. The Kier molecular flexibility index (Phi) is 3.57. The average Bonchev–Trinajstić information content (AvgIpc) is 2.16. The van der Waals surface area contributed by atoms with Gasteiger partial charge in [0.2, 0.25) is 0 Å². The van der Waals surface area contributed by atoms with E-state index in [4.69, 9.17) is 0 Å². The predicted octanol–water partition coefficient (Wildman–Crippen LogP) is 3.91. The normalized spacial score (nSPS) is 10.5. The quantitative estimate of drug-likeness (QED) is 0.720. The van der Waals surface area contributed by atoms with Gasteiger partial charge in [0, 0.05) is 25.3 Å². The summed E-state index contributed by atoms with van der Waals surface area (Å²) in [6.07, 6.45) is 0. The molecule has 0 saturated carbocycles. The number of benzene rings is 1. The van der Waals surface area contributed by atoms with Gasteiger partial charge in [0.25, 0.3) is 0 Å². The van der Waals surface area contributed by atoms with Crippen molar-refractivity contribution in [2.75, 3.05) is 19.0 Å². The van der Waals surface area contributed by atoms with Crippen molar-refractivity contribution in [3.05, 3.63) is 35.9 Å². The fourth-order valence-corrected chi connectivity index (χ4v) is 1.64. The van der Waals surface area contributed by atoms with E-state index in [-0.39, 0.29) is 0 Å². The van der Waals surface area contributed by atoms with Gasteiger partial charge in [-0.3, -0.25) is 0 Å². The molecular formula is C14H21N. The summed E-state index contributed by atoms with van der Waals surface area (Å²) >= 11 is 0. The Bertz CT molecular complexity index is 362. The fraction of sp³-hybridized carbons (Fsp3) is 0.429. The lowest BCUT2D eigenvalue weighted by molar-refractivity contribution is 0.865. The second-order valence-electron chi connectivity index (χ2n) is 4.61. The minimum absolute atomic E-state index is 0.572. The van der Waals surface area contributed by atoms with Crippen LogP contribution in [0, 0.1) is 0 Å². The summed E-state index contributed by atoms with van der Waals surface area (Å²) in [7, 11) is 4.15. The molecule has 0 aliphatic carbocycles. The van der Waals surface area contributed by atoms with E-state index in [1.54, 1.807) is 0 Å². The minimum Gasteiger partial charge on any atom is -0.377 e. The molecule has 1 aromatic carbocycles. The summed E-state index contributed by atoms with van der Waals surface area (Å²) in [4.78, 5) is 2.15. The summed E-state index contributed by atoms with van der Waals surface area (Å²) in [5, 5.41) is 0. The van der Waals surface area contributed by atoms with E-state index in [9.17, 15) is 0 Å². The fourth-order valence-electron chi connectivity index (χ4n) is 1.64. The first-order valence-corrected chi connectivity index (χ1v) is 5.40. The van der Waals surface area contributed by atoms with Crippen molar-refractivity contribution in [3.8, 4) is 0 Å². The number of hydrogen-bond acceptors (Lipinski definition) is 1. The molecule has 0 amide bonds. The highest BCUT2D eigenvalue weighted by Gasteiger charge is 2.08. The van der Waals surface area contributed by atoms with Crippen LogP contribution in [0.2, 0.25) is 0 Å². The molecular weight excluding hydrogens is 182 g/mol. The highest BCUT2D eigenvalue weighted by molar-refractivity contribution is 5.75. The molecule has 1 rings (SSSR count). The predicted molar refractivity (Wildman–Crippen MR) is 69.6 cm³/mol. The molecule has 0 radical (unpaired) electrons. The van der Waals surface area contributed by atoms with Crippen molar-refractivity contribution in [2.45, 2.75) is 26.7 Å². The van der Waals surface area contributed by atoms with Gasteiger partial charge in [-0.1, -0.05) is 32.6 Å². The molecule has 0 unspecified atom stereocenters. The number of nitrogens with zero attached hydrogens (tertiary/aromatic N) is 1. The summed E-state index contributed by atoms with van der Waals surface area (Å²) in [5.41, 5.74) is 5.00. The first-order valence-electron chi connectivity index (χ1n) is 5.40. The number of allylic oxidation sites excluding steroid dienone is 1. The highest BCUT2D eigenvalue weighted by atomic mass is 15.1. The zero-order chi connectivity index (χ0) is 11.6. The first-order chi connectivity index (χ1) is 6.93. The lowest BCUT2D eigenvalue weighted by Gasteiger charge is -2.20. The molecule has 0 heterocycles. The summed E-state index contributed by atoms with van der Waals surface area (Å²) in [5.74, 6) is 0.572. The van der Waals surface area contributed by atoms with Crippen molar-refractivity contribution in [1.29, 1.82) is 0 Å². The van der Waals surface area contributed by atoms with E-state index < -0.39 is 0 Å². The third kappa shape index (κ3) is 2.62. The van der Waals surface area contributed by atoms with Crippen molar-refractivity contribution >= 4 is 11.3 Å². The smallest absolute Gasteiger partial charge is 0.0439 e. The Morgan fingerprint density at radius 2 is 1.87 bits per heavy atom. The van der Waals surface area contributed by atoms with E-state index in [0.29, 0.717) is 5.92 Å². The van der Waals surface area contributed by atoms with Gasteiger partial charge in [0.1, 0.15) is 0 Å². The van der Waals surface area contributed by atoms with Crippen molar-refractivity contribution < 1.29 is 0 Å². The molecule has 0 saturated heterocycles. The number of rotatable bonds is 3. The lowest BCUT2D eigenvalue weighted by Crippen LogP contribution is -2.11. The first kappa shape index (κ1) is 11.8. The van der Waals surface area contributed by atoms with Crippen molar-refractivity contribution in [3.63, 3.8) is 0 Å². The van der Waals surface area contributed by atoms with E-state index in [1.807, 2.05) is 0 Å². The molecule has 0 spiro atoms. The van der Waals surface area contributed by atoms with Crippen LogP contribution in [0.1, 0.15) is 37.8 Å². The summed E-state index contributed by atoms with van der Waals surface area (Å²) in [6, 6.07) is 6.63. The van der Waals surface area contributed by atoms with Crippen LogP contribution in [0.5, 0.6) is 0 Å². The second kappa shape index (κ2) is 4.52. The molecule has 82 valence electrons. The minimum atomic E-state index is 0.572. The van der Waals surface area contributed by atoms with Gasteiger partial charge >= 0.3 is 0 Å². The van der Waals surface area contributed by atoms with Crippen LogP contribution < -0.4 is 4.90 Å². The molecule has 0 N–H and O–H groups in total. The monoisotopic (exact) mass is 203 g/mol. The lowest BCUT2D eigenvalue weighted by atomic mass is 9.97. The third-order valence-electron chi connectivity index (χ3n) is 2.63. The molecule has 0 fully saturated rings. The Morgan fingerprint density at radius 3 is 2.27 bits per heavy atom. The zero-order valence-electron chi connectivity index (χ0n) is 10.5. The molecule has 1 nitrogen and oxygen atoms in total. The maximum Gasteiger partial charge on any atom is 0.0439 e. The SMILES string of the molecule is C=C(C)c1ccc(C(C)C)cc1N(C)C. The van der Waals surface area contributed by atoms with E-state index in [1.165, 1.54) is 16.8 Å². The molecule has 1 aromatic rings. The molecule has 1 heteroatoms. The van der Waals surface area contributed by atoms with Crippen LogP contribution in [-0.2, 0) is 0 Å². The van der Waals surface area contributed by atoms with Crippen LogP contribution >= 0.6 is 0 Å². The van der Waals surface area contributed by atoms with Crippen LogP contribution in [0.3, 0.4) is 0 Å². The molecule has 0 bridgehead atoms. The topological polar surface area (TPSA) is 3.24 Å². The molecule has 0 aliphatic heterocycles.